The molecule has 0 saturated carbocycles. The molecular formula is C18H21Cl2N3O3S. The van der Waals surface area contributed by atoms with Crippen LogP contribution in [0.25, 0.3) is 0 Å². The lowest BCUT2D eigenvalue weighted by Crippen LogP contribution is -2.30. The number of amides is 2. The normalized spacial score (nSPS) is 12.1. The van der Waals surface area contributed by atoms with E-state index < -0.39 is 18.1 Å². The van der Waals surface area contributed by atoms with Crippen LogP contribution in [0.4, 0.5) is 4.79 Å². The van der Waals surface area contributed by atoms with Crippen molar-refractivity contribution < 1.29 is 14.3 Å². The molecule has 0 fully saturated rings. The number of hydrogen-bond donors (Lipinski definition) is 2. The van der Waals surface area contributed by atoms with Gasteiger partial charge >= 0.3 is 6.09 Å². The Hall–Kier alpha value is -1.70. The Morgan fingerprint density at radius 2 is 1.89 bits per heavy atom. The minimum atomic E-state index is -0.798. The van der Waals surface area contributed by atoms with Crippen LogP contribution >= 0.6 is 35.0 Å². The van der Waals surface area contributed by atoms with Crippen LogP contribution in [-0.2, 0) is 9.53 Å². The van der Waals surface area contributed by atoms with Crippen LogP contribution in [0.1, 0.15) is 57.7 Å². The van der Waals surface area contributed by atoms with Crippen molar-refractivity contribution >= 4 is 47.0 Å². The van der Waals surface area contributed by atoms with E-state index in [1.807, 2.05) is 32.9 Å². The molecule has 0 aliphatic heterocycles. The molecule has 27 heavy (non-hydrogen) atoms. The Kier molecular flexibility index (Phi) is 7.59. The molecule has 6 nitrogen and oxygen atoms in total. The van der Waals surface area contributed by atoms with Gasteiger partial charge in [-0.3, -0.25) is 10.1 Å². The lowest BCUT2D eigenvalue weighted by molar-refractivity contribution is -0.118. The fraction of sp³-hybridized carbons (Fsp3) is 0.389. The van der Waals surface area contributed by atoms with Crippen LogP contribution < -0.4 is 5.32 Å². The van der Waals surface area contributed by atoms with Gasteiger partial charge in [-0.2, -0.15) is 0 Å². The Morgan fingerprint density at radius 3 is 2.41 bits per heavy atom. The molecule has 1 unspecified atom stereocenters. The van der Waals surface area contributed by atoms with E-state index in [2.05, 4.69) is 15.3 Å². The fourth-order valence-corrected chi connectivity index (χ4v) is 4.14. The molecule has 2 aromatic rings. The lowest BCUT2D eigenvalue weighted by Gasteiger charge is -2.13. The molecule has 0 saturated heterocycles. The van der Waals surface area contributed by atoms with Crippen molar-refractivity contribution in [3.63, 3.8) is 0 Å². The van der Waals surface area contributed by atoms with E-state index in [9.17, 15) is 9.59 Å². The van der Waals surface area contributed by atoms with Gasteiger partial charge in [0, 0.05) is 21.9 Å². The van der Waals surface area contributed by atoms with Crippen molar-refractivity contribution in [1.82, 2.24) is 15.3 Å². The highest BCUT2D eigenvalue weighted by atomic mass is 35.5. The van der Waals surface area contributed by atoms with Crippen LogP contribution in [0.2, 0.25) is 10.0 Å². The maximum atomic E-state index is 11.8. The van der Waals surface area contributed by atoms with Gasteiger partial charge in [0.1, 0.15) is 10.9 Å². The van der Waals surface area contributed by atoms with Crippen molar-refractivity contribution in [3.05, 3.63) is 39.8 Å². The number of aromatic amines is 1. The number of ether oxygens (including phenoxy) is 1. The minimum Gasteiger partial charge on any atom is -0.438 e. The minimum absolute atomic E-state index is 0.173. The summed E-state index contributed by atoms with van der Waals surface area (Å²) in [5, 5.41) is 3.94. The first-order valence-corrected chi connectivity index (χ1v) is 9.98. The van der Waals surface area contributed by atoms with E-state index in [0.717, 1.165) is 15.6 Å². The molecule has 0 spiro atoms. The standard InChI is InChI=1S/C18H21Cl2N3O3S/c1-5-14(26-18(25)21-10(4)24)16-22-15(9(2)3)17(23-16)27-13-7-11(19)6-12(20)8-13/h6-9,14H,5H2,1-4H3,(H,22,23)(H,21,24,25). The molecule has 2 amide bonds. The van der Waals surface area contributed by atoms with Crippen LogP contribution in [0.15, 0.2) is 28.1 Å². The van der Waals surface area contributed by atoms with Crippen LogP contribution in [0.3, 0.4) is 0 Å². The molecule has 1 heterocycles. The summed E-state index contributed by atoms with van der Waals surface area (Å²) in [6.07, 6.45) is -0.893. The van der Waals surface area contributed by atoms with Gasteiger partial charge in [0.25, 0.3) is 0 Å². The molecule has 0 aliphatic carbocycles. The van der Waals surface area contributed by atoms with Gasteiger partial charge in [-0.05, 0) is 30.5 Å². The zero-order chi connectivity index (χ0) is 20.1. The van der Waals surface area contributed by atoms with Gasteiger partial charge < -0.3 is 9.72 Å². The number of imide groups is 1. The highest BCUT2D eigenvalue weighted by Crippen LogP contribution is 2.36. The van der Waals surface area contributed by atoms with Crippen molar-refractivity contribution in [2.45, 2.75) is 56.1 Å². The highest BCUT2D eigenvalue weighted by Gasteiger charge is 2.23. The van der Waals surface area contributed by atoms with E-state index in [4.69, 9.17) is 27.9 Å². The Bertz CT molecular complexity index is 819. The summed E-state index contributed by atoms with van der Waals surface area (Å²) in [5.41, 5.74) is 0.917. The molecule has 2 rings (SSSR count). The summed E-state index contributed by atoms with van der Waals surface area (Å²) in [4.78, 5) is 31.5. The monoisotopic (exact) mass is 429 g/mol. The topological polar surface area (TPSA) is 84.1 Å². The highest BCUT2D eigenvalue weighted by molar-refractivity contribution is 7.99. The number of benzene rings is 1. The molecule has 0 bridgehead atoms. The van der Waals surface area contributed by atoms with Gasteiger partial charge in [0.05, 0.1) is 5.69 Å². The lowest BCUT2D eigenvalue weighted by atomic mass is 10.1. The molecule has 1 aromatic heterocycles. The van der Waals surface area contributed by atoms with Gasteiger partial charge in [-0.15, -0.1) is 0 Å². The Morgan fingerprint density at radius 1 is 1.26 bits per heavy atom. The van der Waals surface area contributed by atoms with Crippen LogP contribution in [0.5, 0.6) is 0 Å². The van der Waals surface area contributed by atoms with Crippen molar-refractivity contribution in [3.8, 4) is 0 Å². The van der Waals surface area contributed by atoms with E-state index in [0.29, 0.717) is 22.3 Å². The Labute approximate surface area is 172 Å². The van der Waals surface area contributed by atoms with Crippen molar-refractivity contribution in [2.24, 2.45) is 0 Å². The number of rotatable bonds is 6. The third-order valence-corrected chi connectivity index (χ3v) is 4.96. The molecule has 2 N–H and O–H groups in total. The van der Waals surface area contributed by atoms with E-state index in [1.54, 1.807) is 6.07 Å². The second-order valence-electron chi connectivity index (χ2n) is 6.19. The van der Waals surface area contributed by atoms with Crippen molar-refractivity contribution in [1.29, 1.82) is 0 Å². The number of nitrogens with one attached hydrogen (secondary N) is 2. The van der Waals surface area contributed by atoms with Gasteiger partial charge in [0.2, 0.25) is 5.91 Å². The smallest absolute Gasteiger partial charge is 0.414 e. The van der Waals surface area contributed by atoms with E-state index in [-0.39, 0.29) is 5.92 Å². The molecule has 1 atom stereocenters. The fourth-order valence-electron chi connectivity index (χ4n) is 2.34. The predicted octanol–water partition coefficient (Wildman–Crippen LogP) is 5.71. The zero-order valence-corrected chi connectivity index (χ0v) is 17.8. The molecule has 0 radical (unpaired) electrons. The largest absolute Gasteiger partial charge is 0.438 e. The second kappa shape index (κ2) is 9.48. The molecule has 9 heteroatoms. The number of alkyl carbamates (subject to hydrolysis) is 1. The third-order valence-electron chi connectivity index (χ3n) is 3.55. The molecular weight excluding hydrogens is 409 g/mol. The number of aromatic nitrogens is 2. The first-order valence-electron chi connectivity index (χ1n) is 8.41. The van der Waals surface area contributed by atoms with Gasteiger partial charge in [-0.25, -0.2) is 9.78 Å². The number of carbonyl (C=O) groups is 2. The van der Waals surface area contributed by atoms with E-state index >= 15 is 0 Å². The SMILES string of the molecule is CCC(OC(=O)NC(C)=O)c1nc(Sc2cc(Cl)cc(Cl)c2)c(C(C)C)[nH]1. The average molecular weight is 430 g/mol. The summed E-state index contributed by atoms with van der Waals surface area (Å²) < 4.78 is 5.32. The average Bonchev–Trinajstić information content (AvgIpc) is 2.94. The number of H-pyrrole nitrogens is 1. The number of hydrogen-bond acceptors (Lipinski definition) is 5. The second-order valence-corrected chi connectivity index (χ2v) is 8.12. The maximum absolute atomic E-state index is 11.8. The molecule has 0 aliphatic rings. The summed E-state index contributed by atoms with van der Waals surface area (Å²) in [7, 11) is 0. The summed E-state index contributed by atoms with van der Waals surface area (Å²) >= 11 is 13.6. The number of carbonyl (C=O) groups excluding carboxylic acids is 2. The number of imidazole rings is 1. The maximum Gasteiger partial charge on any atom is 0.414 e. The zero-order valence-electron chi connectivity index (χ0n) is 15.4. The van der Waals surface area contributed by atoms with Crippen molar-refractivity contribution in [2.75, 3.05) is 0 Å². The summed E-state index contributed by atoms with van der Waals surface area (Å²) in [6.45, 7) is 7.19. The summed E-state index contributed by atoms with van der Waals surface area (Å²) in [5.74, 6) is 0.216. The third kappa shape index (κ3) is 6.16. The first-order chi connectivity index (χ1) is 12.7. The van der Waals surface area contributed by atoms with E-state index in [1.165, 1.54) is 18.7 Å². The Balaban J connectivity index is 2.29. The molecule has 1 aromatic carbocycles. The van der Waals surface area contributed by atoms with Gasteiger partial charge in [-0.1, -0.05) is 55.7 Å². The quantitative estimate of drug-likeness (QED) is 0.613. The van der Waals surface area contributed by atoms with Gasteiger partial charge in [0.15, 0.2) is 6.10 Å². The van der Waals surface area contributed by atoms with Crippen LogP contribution in [-0.4, -0.2) is 22.0 Å². The van der Waals surface area contributed by atoms with Crippen LogP contribution in [0, 0.1) is 0 Å². The molecule has 146 valence electrons. The number of halogens is 2. The summed E-state index contributed by atoms with van der Waals surface area (Å²) in [6, 6.07) is 5.29. The number of nitrogens with zero attached hydrogens (tertiary/aromatic N) is 1. The first kappa shape index (κ1) is 21.6. The predicted molar refractivity (Wildman–Crippen MR) is 107 cm³/mol.